The number of carbonyl (C=O) groups is 2. The molecule has 0 bridgehead atoms. The van der Waals surface area contributed by atoms with Gasteiger partial charge in [0.25, 0.3) is 0 Å². The van der Waals surface area contributed by atoms with E-state index < -0.39 is 6.04 Å². The molecule has 6 rings (SSSR count). The molecule has 11 nitrogen and oxygen atoms in total. The standard InChI is InChI=1S/C35H45Br2N7O4/c1-41-11-5-23(6-12-41)24-7-13-42(14-8-24)33(46)30(19-22-17-28(36)32(38)29(37)18-22)39-34(47)43-15-9-26(10-16-43)44-21-31(40-35(44)48)25-3-2-4-27(45)20-25/h2-4,17-18,20-21,23-24,26,30,45H,5-16,19,38H2,1H3,(H,39,47)(H,40,48)/t30-/m0/s1. The van der Waals surface area contributed by atoms with E-state index in [4.69, 9.17) is 5.73 Å². The Kier molecular flexibility index (Phi) is 10.9. The van der Waals surface area contributed by atoms with E-state index >= 15 is 0 Å². The zero-order valence-corrected chi connectivity index (χ0v) is 30.5. The molecule has 0 saturated carbocycles. The molecule has 0 aliphatic carbocycles. The minimum absolute atomic E-state index is 0.0533. The molecule has 3 amide bonds. The Morgan fingerprint density at radius 2 is 1.54 bits per heavy atom. The Bertz CT molecular complexity index is 1650. The quantitative estimate of drug-likeness (QED) is 0.243. The van der Waals surface area contributed by atoms with Crippen LogP contribution in [-0.2, 0) is 11.2 Å². The molecule has 13 heteroatoms. The van der Waals surface area contributed by atoms with E-state index in [-0.39, 0.29) is 29.4 Å². The monoisotopic (exact) mass is 785 g/mol. The molecule has 0 radical (unpaired) electrons. The predicted molar refractivity (Wildman–Crippen MR) is 194 cm³/mol. The number of hydrogen-bond acceptors (Lipinski definition) is 6. The zero-order chi connectivity index (χ0) is 33.9. The molecule has 2 aromatic carbocycles. The smallest absolute Gasteiger partial charge is 0.326 e. The van der Waals surface area contributed by atoms with Crippen molar-refractivity contribution in [1.82, 2.24) is 29.6 Å². The molecular formula is C35H45Br2N7O4. The molecule has 3 aliphatic rings. The van der Waals surface area contributed by atoms with Crippen LogP contribution in [0.15, 0.2) is 56.3 Å². The molecule has 3 aromatic rings. The maximum absolute atomic E-state index is 14.1. The molecular weight excluding hydrogens is 742 g/mol. The zero-order valence-electron chi connectivity index (χ0n) is 27.3. The van der Waals surface area contributed by atoms with Crippen molar-refractivity contribution in [2.45, 2.75) is 57.0 Å². The first-order chi connectivity index (χ1) is 23.0. The van der Waals surface area contributed by atoms with Crippen LogP contribution in [0, 0.1) is 11.8 Å². The summed E-state index contributed by atoms with van der Waals surface area (Å²) < 4.78 is 3.16. The van der Waals surface area contributed by atoms with Gasteiger partial charge in [0, 0.05) is 59.3 Å². The van der Waals surface area contributed by atoms with Gasteiger partial charge in [-0.1, -0.05) is 12.1 Å². The molecule has 3 saturated heterocycles. The highest BCUT2D eigenvalue weighted by atomic mass is 79.9. The number of aromatic nitrogens is 2. The molecule has 4 heterocycles. The molecule has 1 aromatic heterocycles. The number of nitrogens with zero attached hydrogens (tertiary/aromatic N) is 4. The van der Waals surface area contributed by atoms with Crippen LogP contribution in [0.2, 0.25) is 0 Å². The molecule has 0 spiro atoms. The van der Waals surface area contributed by atoms with Gasteiger partial charge in [0.2, 0.25) is 5.91 Å². The number of imidazole rings is 1. The highest BCUT2D eigenvalue weighted by Gasteiger charge is 2.34. The number of nitrogens with two attached hydrogens (primary N) is 1. The van der Waals surface area contributed by atoms with Gasteiger partial charge in [0.1, 0.15) is 11.8 Å². The molecule has 5 N–H and O–H groups in total. The van der Waals surface area contributed by atoms with Crippen molar-refractivity contribution in [2.75, 3.05) is 52.0 Å². The molecule has 48 heavy (non-hydrogen) atoms. The van der Waals surface area contributed by atoms with Crippen LogP contribution in [-0.4, -0.2) is 93.7 Å². The molecule has 0 unspecified atom stereocenters. The highest BCUT2D eigenvalue weighted by molar-refractivity contribution is 9.11. The van der Waals surface area contributed by atoms with E-state index in [9.17, 15) is 19.5 Å². The van der Waals surface area contributed by atoms with Gasteiger partial charge in [0.05, 0.1) is 11.4 Å². The van der Waals surface area contributed by atoms with Gasteiger partial charge in [-0.3, -0.25) is 9.36 Å². The van der Waals surface area contributed by atoms with Crippen LogP contribution in [0.5, 0.6) is 5.75 Å². The SMILES string of the molecule is CN1CCC(C2CCN(C(=O)[C@H](Cc3cc(Br)c(N)c(Br)c3)NC(=O)N3CCC(n4cc(-c5cccc(O)c5)[nH]c4=O)CC3)CC2)CC1. The van der Waals surface area contributed by atoms with Crippen LogP contribution in [0.25, 0.3) is 11.3 Å². The number of nitrogen functional groups attached to an aromatic ring is 1. The van der Waals surface area contributed by atoms with Crippen molar-refractivity contribution in [2.24, 2.45) is 11.8 Å². The first kappa shape index (κ1) is 34.6. The van der Waals surface area contributed by atoms with Crippen LogP contribution in [0.1, 0.15) is 50.1 Å². The molecule has 3 aliphatic heterocycles. The second-order valence-electron chi connectivity index (χ2n) is 13.6. The lowest BCUT2D eigenvalue weighted by molar-refractivity contribution is -0.135. The van der Waals surface area contributed by atoms with E-state index in [1.165, 1.54) is 12.8 Å². The predicted octanol–water partition coefficient (Wildman–Crippen LogP) is 5.19. The number of phenols is 1. The van der Waals surface area contributed by atoms with Gasteiger partial charge >= 0.3 is 11.7 Å². The normalized spacial score (nSPS) is 19.4. The first-order valence-electron chi connectivity index (χ1n) is 16.9. The molecule has 1 atom stereocenters. The maximum atomic E-state index is 14.1. The summed E-state index contributed by atoms with van der Waals surface area (Å²) in [4.78, 5) is 49.6. The van der Waals surface area contributed by atoms with Crippen molar-refractivity contribution in [3.8, 4) is 17.0 Å². The number of hydrogen-bond donors (Lipinski definition) is 4. The fraction of sp³-hybridized carbons (Fsp3) is 0.514. The van der Waals surface area contributed by atoms with Crippen molar-refractivity contribution >= 4 is 49.5 Å². The van der Waals surface area contributed by atoms with Crippen LogP contribution in [0.4, 0.5) is 10.5 Å². The van der Waals surface area contributed by atoms with Crippen molar-refractivity contribution in [3.05, 3.63) is 67.6 Å². The third-order valence-electron chi connectivity index (χ3n) is 10.5. The van der Waals surface area contributed by atoms with Gasteiger partial charge in [0.15, 0.2) is 0 Å². The fourth-order valence-electron chi connectivity index (χ4n) is 7.59. The topological polar surface area (TPSA) is 140 Å². The van der Waals surface area contributed by atoms with Gasteiger partial charge in [-0.15, -0.1) is 0 Å². The summed E-state index contributed by atoms with van der Waals surface area (Å²) in [5, 5.41) is 13.0. The Morgan fingerprint density at radius 3 is 2.17 bits per heavy atom. The van der Waals surface area contributed by atoms with Gasteiger partial charge in [-0.25, -0.2) is 9.59 Å². The summed E-state index contributed by atoms with van der Waals surface area (Å²) in [7, 11) is 2.19. The maximum Gasteiger partial charge on any atom is 0.326 e. The lowest BCUT2D eigenvalue weighted by Crippen LogP contribution is -2.55. The van der Waals surface area contributed by atoms with E-state index in [2.05, 4.69) is 54.1 Å². The lowest BCUT2D eigenvalue weighted by Gasteiger charge is -2.40. The number of aromatic amines is 1. The second-order valence-corrected chi connectivity index (χ2v) is 15.3. The summed E-state index contributed by atoms with van der Waals surface area (Å²) in [5.74, 6) is 1.44. The minimum Gasteiger partial charge on any atom is -0.508 e. The van der Waals surface area contributed by atoms with E-state index in [0.717, 1.165) is 51.9 Å². The third kappa shape index (κ3) is 7.94. The number of aromatic hydroxyl groups is 1. The molecule has 3 fully saturated rings. The number of benzene rings is 2. The van der Waals surface area contributed by atoms with E-state index in [1.54, 1.807) is 33.9 Å². The second kappa shape index (κ2) is 15.1. The number of rotatable bonds is 7. The third-order valence-corrected chi connectivity index (χ3v) is 11.8. The van der Waals surface area contributed by atoms with Crippen LogP contribution in [0.3, 0.4) is 0 Å². The average molecular weight is 788 g/mol. The van der Waals surface area contributed by atoms with E-state index in [1.807, 2.05) is 23.1 Å². The van der Waals surface area contributed by atoms with Gasteiger partial charge in [-0.05, 0) is 132 Å². The Hall–Kier alpha value is -3.29. The van der Waals surface area contributed by atoms with E-state index in [0.29, 0.717) is 62.7 Å². The van der Waals surface area contributed by atoms with Crippen LogP contribution >= 0.6 is 31.9 Å². The number of urea groups is 1. The summed E-state index contributed by atoms with van der Waals surface area (Å²) in [5.41, 5.74) is 8.74. The Labute approximate surface area is 298 Å². The molecule has 258 valence electrons. The number of likely N-dealkylation sites (tertiary alicyclic amines) is 3. The Balaban J connectivity index is 1.10. The first-order valence-corrected chi connectivity index (χ1v) is 18.5. The summed E-state index contributed by atoms with van der Waals surface area (Å²) in [6, 6.07) is 9.51. The Morgan fingerprint density at radius 1 is 0.938 bits per heavy atom. The van der Waals surface area contributed by atoms with Crippen molar-refractivity contribution < 1.29 is 14.7 Å². The number of amides is 3. The highest BCUT2D eigenvalue weighted by Crippen LogP contribution is 2.33. The number of piperidine rings is 3. The number of halogens is 2. The van der Waals surface area contributed by atoms with Crippen LogP contribution < -0.4 is 16.7 Å². The summed E-state index contributed by atoms with van der Waals surface area (Å²) >= 11 is 7.05. The largest absolute Gasteiger partial charge is 0.508 e. The minimum atomic E-state index is -0.727. The van der Waals surface area contributed by atoms with Gasteiger partial charge in [-0.2, -0.15) is 0 Å². The summed E-state index contributed by atoms with van der Waals surface area (Å²) in [6.45, 7) is 4.61. The number of H-pyrrole nitrogens is 1. The van der Waals surface area contributed by atoms with Crippen molar-refractivity contribution in [3.63, 3.8) is 0 Å². The number of anilines is 1. The fourth-order valence-corrected chi connectivity index (χ4v) is 8.87. The number of phenolic OH excluding ortho intramolecular Hbond substituents is 1. The van der Waals surface area contributed by atoms with Gasteiger partial charge < -0.3 is 35.8 Å². The number of carbonyl (C=O) groups excluding carboxylic acids is 2. The number of nitrogens with one attached hydrogen (secondary N) is 2. The van der Waals surface area contributed by atoms with Crippen molar-refractivity contribution in [1.29, 1.82) is 0 Å². The lowest BCUT2D eigenvalue weighted by atomic mass is 9.79. The average Bonchev–Trinajstić information content (AvgIpc) is 3.48. The summed E-state index contributed by atoms with van der Waals surface area (Å²) in [6.07, 6.45) is 7.77.